The molecule has 1 amide bonds. The summed E-state index contributed by atoms with van der Waals surface area (Å²) in [7, 11) is 0. The van der Waals surface area contributed by atoms with E-state index in [4.69, 9.17) is 0 Å². The van der Waals surface area contributed by atoms with Crippen LogP contribution in [0.2, 0.25) is 0 Å². The van der Waals surface area contributed by atoms with Crippen molar-refractivity contribution in [3.8, 4) is 0 Å². The van der Waals surface area contributed by atoms with Crippen LogP contribution in [0.5, 0.6) is 0 Å². The minimum absolute atomic E-state index is 0. The lowest BCUT2D eigenvalue weighted by molar-refractivity contribution is 0.0935. The predicted molar refractivity (Wildman–Crippen MR) is 83.8 cm³/mol. The van der Waals surface area contributed by atoms with Crippen LogP contribution in [0.1, 0.15) is 41.5 Å². The molecule has 0 radical (unpaired) electrons. The van der Waals surface area contributed by atoms with Gasteiger partial charge in [-0.2, -0.15) is 5.10 Å². The van der Waals surface area contributed by atoms with Crippen LogP contribution in [0.3, 0.4) is 0 Å². The number of hydrogen-bond donors (Lipinski definition) is 3. The van der Waals surface area contributed by atoms with E-state index in [1.54, 1.807) is 0 Å². The molecule has 3 heterocycles. The Kier molecular flexibility index (Phi) is 5.61. The van der Waals surface area contributed by atoms with Crippen molar-refractivity contribution in [3.05, 3.63) is 17.0 Å². The molecule has 0 aliphatic carbocycles. The van der Waals surface area contributed by atoms with E-state index in [1.807, 2.05) is 0 Å². The van der Waals surface area contributed by atoms with Crippen molar-refractivity contribution in [3.63, 3.8) is 0 Å². The monoisotopic (exact) mass is 313 g/mol. The van der Waals surface area contributed by atoms with Crippen LogP contribution in [0.25, 0.3) is 0 Å². The number of H-pyrrole nitrogens is 1. The number of aromatic amines is 1. The average Bonchev–Trinajstić information content (AvgIpc) is 3.11. The maximum absolute atomic E-state index is 12.3. The zero-order valence-corrected chi connectivity index (χ0v) is 13.3. The quantitative estimate of drug-likeness (QED) is 0.765. The normalized spacial score (nSPS) is 21.7. The highest BCUT2D eigenvalue weighted by molar-refractivity contribution is 5.94. The van der Waals surface area contributed by atoms with Gasteiger partial charge < -0.3 is 10.6 Å². The van der Waals surface area contributed by atoms with Crippen LogP contribution in [0, 0.1) is 0 Å². The standard InChI is InChI=1S/C14H23N5O.ClH/c1-2-19-7-3-4-10(19)8-16-14(20)13-11-9-15-6-5-12(11)17-18-13;/h10,15H,2-9H2,1H3,(H,16,20)(H,17,18);1H. The van der Waals surface area contributed by atoms with Gasteiger partial charge in [0.25, 0.3) is 5.91 Å². The number of hydrogen-bond acceptors (Lipinski definition) is 4. The predicted octanol–water partition coefficient (Wildman–Crippen LogP) is 0.691. The van der Waals surface area contributed by atoms with Gasteiger partial charge in [0.15, 0.2) is 5.69 Å². The second kappa shape index (κ2) is 7.24. The number of nitrogens with zero attached hydrogens (tertiary/aromatic N) is 2. The summed E-state index contributed by atoms with van der Waals surface area (Å²) in [6.45, 7) is 6.79. The fourth-order valence-corrected chi connectivity index (χ4v) is 3.25. The van der Waals surface area contributed by atoms with Gasteiger partial charge in [-0.05, 0) is 25.9 Å². The maximum atomic E-state index is 12.3. The van der Waals surface area contributed by atoms with E-state index in [2.05, 4.69) is 32.7 Å². The Bertz CT molecular complexity index is 490. The highest BCUT2D eigenvalue weighted by atomic mass is 35.5. The van der Waals surface area contributed by atoms with Gasteiger partial charge in [0.1, 0.15) is 0 Å². The summed E-state index contributed by atoms with van der Waals surface area (Å²) in [5.41, 5.74) is 2.70. The molecule has 0 saturated carbocycles. The molecule has 2 aliphatic heterocycles. The molecular weight excluding hydrogens is 290 g/mol. The third-order valence-electron chi connectivity index (χ3n) is 4.42. The van der Waals surface area contributed by atoms with Crippen molar-refractivity contribution >= 4 is 18.3 Å². The van der Waals surface area contributed by atoms with Crippen molar-refractivity contribution in [1.82, 2.24) is 25.7 Å². The topological polar surface area (TPSA) is 73.0 Å². The lowest BCUT2D eigenvalue weighted by Crippen LogP contribution is -2.40. The van der Waals surface area contributed by atoms with Crippen LogP contribution < -0.4 is 10.6 Å². The zero-order valence-electron chi connectivity index (χ0n) is 12.4. The SMILES string of the molecule is CCN1CCCC1CNC(=O)c1n[nH]c2c1CNCC2.Cl. The molecule has 7 heteroatoms. The van der Waals surface area contributed by atoms with E-state index in [0.717, 1.165) is 50.4 Å². The van der Waals surface area contributed by atoms with Gasteiger partial charge >= 0.3 is 0 Å². The van der Waals surface area contributed by atoms with Crippen molar-refractivity contribution in [1.29, 1.82) is 0 Å². The van der Waals surface area contributed by atoms with Crippen molar-refractivity contribution in [2.75, 3.05) is 26.2 Å². The first-order chi connectivity index (χ1) is 9.79. The van der Waals surface area contributed by atoms with Gasteiger partial charge in [-0.15, -0.1) is 12.4 Å². The highest BCUT2D eigenvalue weighted by Crippen LogP contribution is 2.17. The second-order valence-electron chi connectivity index (χ2n) is 5.59. The van der Waals surface area contributed by atoms with Gasteiger partial charge in [-0.25, -0.2) is 0 Å². The number of rotatable bonds is 4. The fourth-order valence-electron chi connectivity index (χ4n) is 3.25. The van der Waals surface area contributed by atoms with Crippen LogP contribution in [-0.4, -0.2) is 53.2 Å². The third-order valence-corrected chi connectivity index (χ3v) is 4.42. The summed E-state index contributed by atoms with van der Waals surface area (Å²) in [6.07, 6.45) is 3.33. The molecule has 0 spiro atoms. The van der Waals surface area contributed by atoms with Gasteiger partial charge in [0.2, 0.25) is 0 Å². The zero-order chi connectivity index (χ0) is 13.9. The number of fused-ring (bicyclic) bond motifs is 1. The summed E-state index contributed by atoms with van der Waals surface area (Å²) < 4.78 is 0. The van der Waals surface area contributed by atoms with Crippen LogP contribution in [0.15, 0.2) is 0 Å². The number of likely N-dealkylation sites (N-methyl/N-ethyl adjacent to an activating group) is 1. The minimum atomic E-state index is -0.0471. The fraction of sp³-hybridized carbons (Fsp3) is 0.714. The largest absolute Gasteiger partial charge is 0.349 e. The van der Waals surface area contributed by atoms with Crippen LogP contribution in [0.4, 0.5) is 0 Å². The lowest BCUT2D eigenvalue weighted by Gasteiger charge is -2.22. The Balaban J connectivity index is 0.00000161. The molecule has 3 rings (SSSR count). The highest BCUT2D eigenvalue weighted by Gasteiger charge is 2.25. The number of likely N-dealkylation sites (tertiary alicyclic amines) is 1. The number of nitrogens with one attached hydrogen (secondary N) is 3. The Morgan fingerprint density at radius 3 is 3.19 bits per heavy atom. The molecule has 3 N–H and O–H groups in total. The smallest absolute Gasteiger partial charge is 0.272 e. The molecule has 118 valence electrons. The van der Waals surface area contributed by atoms with Gasteiger partial charge in [-0.3, -0.25) is 14.8 Å². The molecule has 6 nitrogen and oxygen atoms in total. The van der Waals surface area contributed by atoms with Gasteiger partial charge in [-0.1, -0.05) is 6.92 Å². The number of carbonyl (C=O) groups is 1. The van der Waals surface area contributed by atoms with Gasteiger partial charge in [0, 0.05) is 43.4 Å². The first-order valence-electron chi connectivity index (χ1n) is 7.58. The van der Waals surface area contributed by atoms with Crippen molar-refractivity contribution < 1.29 is 4.79 Å². The molecule has 1 unspecified atom stereocenters. The third kappa shape index (κ3) is 3.39. The van der Waals surface area contributed by atoms with E-state index in [9.17, 15) is 4.79 Å². The lowest BCUT2D eigenvalue weighted by atomic mass is 10.1. The molecule has 0 bridgehead atoms. The Hall–Kier alpha value is -1.11. The Morgan fingerprint density at radius 1 is 1.52 bits per heavy atom. The Labute approximate surface area is 131 Å². The molecule has 1 aromatic heterocycles. The summed E-state index contributed by atoms with van der Waals surface area (Å²) in [5, 5.41) is 13.5. The summed E-state index contributed by atoms with van der Waals surface area (Å²) in [6, 6.07) is 0.483. The molecule has 0 aromatic carbocycles. The summed E-state index contributed by atoms with van der Waals surface area (Å²) in [5.74, 6) is -0.0471. The first kappa shape index (κ1) is 16.3. The van der Waals surface area contributed by atoms with Crippen LogP contribution in [-0.2, 0) is 13.0 Å². The molecule has 21 heavy (non-hydrogen) atoms. The number of halogens is 1. The van der Waals surface area contributed by atoms with E-state index in [-0.39, 0.29) is 18.3 Å². The van der Waals surface area contributed by atoms with E-state index >= 15 is 0 Å². The van der Waals surface area contributed by atoms with Crippen LogP contribution >= 0.6 is 12.4 Å². The summed E-state index contributed by atoms with van der Waals surface area (Å²) in [4.78, 5) is 14.7. The van der Waals surface area contributed by atoms with E-state index < -0.39 is 0 Å². The maximum Gasteiger partial charge on any atom is 0.272 e. The second-order valence-corrected chi connectivity index (χ2v) is 5.59. The Morgan fingerprint density at radius 2 is 2.38 bits per heavy atom. The minimum Gasteiger partial charge on any atom is -0.349 e. The first-order valence-corrected chi connectivity index (χ1v) is 7.58. The van der Waals surface area contributed by atoms with E-state index in [1.165, 1.54) is 12.8 Å². The molecule has 1 saturated heterocycles. The average molecular weight is 314 g/mol. The number of aromatic nitrogens is 2. The molecule has 2 aliphatic rings. The van der Waals surface area contributed by atoms with Gasteiger partial charge in [0.05, 0.1) is 0 Å². The molecule has 1 fully saturated rings. The van der Waals surface area contributed by atoms with E-state index in [0.29, 0.717) is 11.7 Å². The molecule has 1 aromatic rings. The number of amides is 1. The molecular formula is C14H24ClN5O. The summed E-state index contributed by atoms with van der Waals surface area (Å²) >= 11 is 0. The van der Waals surface area contributed by atoms with Crippen molar-refractivity contribution in [2.45, 2.75) is 38.8 Å². The molecule has 1 atom stereocenters. The number of carbonyl (C=O) groups excluding carboxylic acids is 1. The van der Waals surface area contributed by atoms with Crippen molar-refractivity contribution in [2.24, 2.45) is 0 Å².